The van der Waals surface area contributed by atoms with E-state index in [9.17, 15) is 4.79 Å². The molecule has 138 valence electrons. The Kier molecular flexibility index (Phi) is 7.49. The van der Waals surface area contributed by atoms with E-state index in [1.54, 1.807) is 26.1 Å². The molecule has 2 aromatic rings. The molecule has 0 aliphatic rings. The zero-order valence-electron chi connectivity index (χ0n) is 15.3. The Morgan fingerprint density at radius 3 is 2.58 bits per heavy atom. The van der Waals surface area contributed by atoms with Crippen molar-refractivity contribution >= 4 is 17.9 Å². The number of carbonyl (C=O) groups is 1. The van der Waals surface area contributed by atoms with Gasteiger partial charge in [0.05, 0.1) is 25.1 Å². The van der Waals surface area contributed by atoms with Crippen molar-refractivity contribution in [2.24, 2.45) is 5.10 Å². The fourth-order valence-corrected chi connectivity index (χ4v) is 2.16. The zero-order chi connectivity index (χ0) is 18.8. The van der Waals surface area contributed by atoms with Crippen LogP contribution in [-0.2, 0) is 9.53 Å². The molecule has 6 nitrogen and oxygen atoms in total. The van der Waals surface area contributed by atoms with Crippen molar-refractivity contribution in [1.82, 2.24) is 0 Å². The number of para-hydroxylation sites is 1. The van der Waals surface area contributed by atoms with Crippen molar-refractivity contribution in [3.63, 3.8) is 0 Å². The Morgan fingerprint density at radius 2 is 1.88 bits per heavy atom. The molecule has 0 heterocycles. The molecule has 0 amide bonds. The van der Waals surface area contributed by atoms with E-state index in [1.807, 2.05) is 49.4 Å². The molecule has 0 radical (unpaired) electrons. The van der Waals surface area contributed by atoms with Gasteiger partial charge in [-0.1, -0.05) is 18.2 Å². The fraction of sp³-hybridized carbons (Fsp3) is 0.300. The van der Waals surface area contributed by atoms with Crippen LogP contribution in [0.15, 0.2) is 53.6 Å². The average Bonchev–Trinajstić information content (AvgIpc) is 2.65. The monoisotopic (exact) mass is 356 g/mol. The van der Waals surface area contributed by atoms with E-state index in [0.29, 0.717) is 24.7 Å². The summed E-state index contributed by atoms with van der Waals surface area (Å²) in [4.78, 5) is 11.7. The number of nitrogens with zero attached hydrogens (tertiary/aromatic N) is 1. The minimum absolute atomic E-state index is 0.314. The lowest BCUT2D eigenvalue weighted by Gasteiger charge is -2.16. The van der Waals surface area contributed by atoms with E-state index in [2.05, 4.69) is 10.5 Å². The first kappa shape index (κ1) is 19.3. The molecule has 0 saturated carbocycles. The summed E-state index contributed by atoms with van der Waals surface area (Å²) in [5.41, 5.74) is 4.70. The predicted molar refractivity (Wildman–Crippen MR) is 102 cm³/mol. The van der Waals surface area contributed by atoms with Crippen LogP contribution in [0.2, 0.25) is 0 Å². The Labute approximate surface area is 153 Å². The van der Waals surface area contributed by atoms with Crippen LogP contribution in [-0.4, -0.2) is 31.5 Å². The van der Waals surface area contributed by atoms with Crippen LogP contribution < -0.4 is 14.9 Å². The first-order chi connectivity index (χ1) is 12.6. The van der Waals surface area contributed by atoms with Crippen molar-refractivity contribution in [2.45, 2.75) is 26.9 Å². The van der Waals surface area contributed by atoms with Gasteiger partial charge in [-0.05, 0) is 56.7 Å². The van der Waals surface area contributed by atoms with Crippen LogP contribution in [0.1, 0.15) is 26.3 Å². The first-order valence-electron chi connectivity index (χ1n) is 8.58. The van der Waals surface area contributed by atoms with Gasteiger partial charge in [-0.3, -0.25) is 5.43 Å². The molecule has 2 aromatic carbocycles. The number of hydrogen-bond donors (Lipinski definition) is 1. The minimum atomic E-state index is -0.714. The van der Waals surface area contributed by atoms with Crippen LogP contribution in [0.25, 0.3) is 0 Å². The average molecular weight is 356 g/mol. The summed E-state index contributed by atoms with van der Waals surface area (Å²) in [5.74, 6) is 0.625. The van der Waals surface area contributed by atoms with Crippen molar-refractivity contribution in [3.8, 4) is 11.5 Å². The predicted octanol–water partition coefficient (Wildman–Crippen LogP) is 3.86. The Hall–Kier alpha value is -3.02. The molecule has 0 aliphatic carbocycles. The molecule has 6 heteroatoms. The molecular formula is C20H24N2O4. The number of ether oxygens (including phenoxy) is 3. The maximum atomic E-state index is 11.7. The second-order valence-corrected chi connectivity index (χ2v) is 5.39. The number of nitrogens with one attached hydrogen (secondary N) is 1. The lowest BCUT2D eigenvalue weighted by Crippen LogP contribution is -2.26. The third kappa shape index (κ3) is 5.81. The molecule has 0 saturated heterocycles. The van der Waals surface area contributed by atoms with Crippen LogP contribution in [0.3, 0.4) is 0 Å². The van der Waals surface area contributed by atoms with E-state index in [-0.39, 0.29) is 0 Å². The van der Waals surface area contributed by atoms with Crippen LogP contribution in [0, 0.1) is 0 Å². The second-order valence-electron chi connectivity index (χ2n) is 5.39. The third-order valence-electron chi connectivity index (χ3n) is 3.37. The van der Waals surface area contributed by atoms with Gasteiger partial charge in [0.25, 0.3) is 0 Å². The number of carbonyl (C=O) groups excluding carboxylic acids is 1. The molecule has 0 fully saturated rings. The quantitative estimate of drug-likeness (QED) is 0.420. The highest BCUT2D eigenvalue weighted by Crippen LogP contribution is 2.29. The van der Waals surface area contributed by atoms with Crippen molar-refractivity contribution in [2.75, 3.05) is 18.6 Å². The van der Waals surface area contributed by atoms with Gasteiger partial charge in [-0.15, -0.1) is 0 Å². The van der Waals surface area contributed by atoms with E-state index >= 15 is 0 Å². The molecule has 0 aliphatic heterocycles. The molecule has 1 N–H and O–H groups in total. The largest absolute Gasteiger partial charge is 0.490 e. The Bertz CT molecular complexity index is 732. The number of benzene rings is 2. The topological polar surface area (TPSA) is 69.2 Å². The standard InChI is InChI=1S/C20H24N2O4/c1-4-24-19-13-16(14-21-22-17-9-7-6-8-10-17)11-12-18(19)26-15(3)20(23)25-5-2/h6-15,22H,4-5H2,1-3H3. The summed E-state index contributed by atoms with van der Waals surface area (Å²) in [6, 6.07) is 15.1. The fourth-order valence-electron chi connectivity index (χ4n) is 2.16. The molecule has 0 bridgehead atoms. The summed E-state index contributed by atoms with van der Waals surface area (Å²) < 4.78 is 16.3. The van der Waals surface area contributed by atoms with Gasteiger partial charge >= 0.3 is 5.97 Å². The van der Waals surface area contributed by atoms with Crippen LogP contribution >= 0.6 is 0 Å². The number of hydrazone groups is 1. The number of hydrogen-bond acceptors (Lipinski definition) is 6. The second kappa shape index (κ2) is 10.1. The molecule has 26 heavy (non-hydrogen) atoms. The molecule has 0 aromatic heterocycles. The lowest BCUT2D eigenvalue weighted by molar-refractivity contribution is -0.150. The number of anilines is 1. The third-order valence-corrected chi connectivity index (χ3v) is 3.37. The molecule has 0 spiro atoms. The summed E-state index contributed by atoms with van der Waals surface area (Å²) in [7, 11) is 0. The highest BCUT2D eigenvalue weighted by molar-refractivity contribution is 5.81. The van der Waals surface area contributed by atoms with E-state index < -0.39 is 12.1 Å². The molecule has 2 rings (SSSR count). The van der Waals surface area contributed by atoms with Gasteiger partial charge in [-0.25, -0.2) is 4.79 Å². The maximum Gasteiger partial charge on any atom is 0.347 e. The highest BCUT2D eigenvalue weighted by Gasteiger charge is 2.18. The van der Waals surface area contributed by atoms with E-state index in [4.69, 9.17) is 14.2 Å². The normalized spacial score (nSPS) is 11.8. The minimum Gasteiger partial charge on any atom is -0.490 e. The van der Waals surface area contributed by atoms with Gasteiger partial charge in [-0.2, -0.15) is 5.10 Å². The SMILES string of the molecule is CCOC(=O)C(C)Oc1ccc(C=NNc2ccccc2)cc1OCC. The van der Waals surface area contributed by atoms with E-state index in [1.165, 1.54) is 0 Å². The van der Waals surface area contributed by atoms with Gasteiger partial charge in [0, 0.05) is 0 Å². The van der Waals surface area contributed by atoms with Gasteiger partial charge < -0.3 is 14.2 Å². The maximum absolute atomic E-state index is 11.7. The van der Waals surface area contributed by atoms with Crippen molar-refractivity contribution < 1.29 is 19.0 Å². The highest BCUT2D eigenvalue weighted by atomic mass is 16.6. The molecular weight excluding hydrogens is 332 g/mol. The van der Waals surface area contributed by atoms with E-state index in [0.717, 1.165) is 11.3 Å². The van der Waals surface area contributed by atoms with Gasteiger partial charge in [0.1, 0.15) is 0 Å². The van der Waals surface area contributed by atoms with Crippen LogP contribution in [0.4, 0.5) is 5.69 Å². The summed E-state index contributed by atoms with van der Waals surface area (Å²) >= 11 is 0. The first-order valence-corrected chi connectivity index (χ1v) is 8.58. The van der Waals surface area contributed by atoms with Crippen molar-refractivity contribution in [1.29, 1.82) is 0 Å². The summed E-state index contributed by atoms with van der Waals surface area (Å²) in [5, 5.41) is 4.21. The zero-order valence-corrected chi connectivity index (χ0v) is 15.3. The Balaban J connectivity index is 2.08. The lowest BCUT2D eigenvalue weighted by atomic mass is 10.2. The summed E-state index contributed by atoms with van der Waals surface area (Å²) in [6.07, 6.45) is 0.974. The Morgan fingerprint density at radius 1 is 1.12 bits per heavy atom. The van der Waals surface area contributed by atoms with Crippen molar-refractivity contribution in [3.05, 3.63) is 54.1 Å². The van der Waals surface area contributed by atoms with Gasteiger partial charge in [0.15, 0.2) is 17.6 Å². The number of rotatable bonds is 9. The van der Waals surface area contributed by atoms with Crippen LogP contribution in [0.5, 0.6) is 11.5 Å². The molecule has 1 atom stereocenters. The summed E-state index contributed by atoms with van der Waals surface area (Å²) in [6.45, 7) is 6.08. The number of esters is 1. The smallest absolute Gasteiger partial charge is 0.347 e. The molecule has 1 unspecified atom stereocenters. The van der Waals surface area contributed by atoms with Gasteiger partial charge in [0.2, 0.25) is 0 Å².